The second kappa shape index (κ2) is 5.79. The van der Waals surface area contributed by atoms with Crippen molar-refractivity contribution in [1.29, 1.82) is 0 Å². The fraction of sp³-hybridized carbons (Fsp3) is 0.562. The van der Waals surface area contributed by atoms with E-state index < -0.39 is 5.54 Å². The van der Waals surface area contributed by atoms with E-state index in [1.54, 1.807) is 0 Å². The lowest BCUT2D eigenvalue weighted by Gasteiger charge is -2.28. The zero-order valence-corrected chi connectivity index (χ0v) is 13.5. The van der Waals surface area contributed by atoms with Crippen molar-refractivity contribution >= 4 is 29.2 Å². The van der Waals surface area contributed by atoms with Crippen molar-refractivity contribution in [2.45, 2.75) is 43.7 Å². The first-order chi connectivity index (χ1) is 10.1. The largest absolute Gasteiger partial charge is 0.468 e. The fourth-order valence-electron chi connectivity index (χ4n) is 3.71. The Kier molecular flexibility index (Phi) is 4.17. The highest BCUT2D eigenvalue weighted by atomic mass is 35.5. The Labute approximate surface area is 135 Å². The number of rotatable bonds is 3. The van der Waals surface area contributed by atoms with Crippen molar-refractivity contribution in [3.8, 4) is 0 Å². The number of hydrogen-bond acceptors (Lipinski definition) is 3. The quantitative estimate of drug-likeness (QED) is 0.670. The van der Waals surface area contributed by atoms with Gasteiger partial charge in [0.1, 0.15) is 5.54 Å². The molecule has 1 aliphatic carbocycles. The zero-order chi connectivity index (χ0) is 15.0. The SMILES string of the molecule is COC(=O)[C@]1(C2CCCCC2)N[C@@H]1c1c(Cl)cccc1Cl. The van der Waals surface area contributed by atoms with Crippen LogP contribution in [-0.2, 0) is 9.53 Å². The Morgan fingerprint density at radius 2 is 1.86 bits per heavy atom. The van der Waals surface area contributed by atoms with Gasteiger partial charge >= 0.3 is 5.97 Å². The molecule has 1 aromatic carbocycles. The Morgan fingerprint density at radius 3 is 2.43 bits per heavy atom. The molecule has 1 saturated carbocycles. The third-order valence-electron chi connectivity index (χ3n) is 4.82. The molecule has 2 aliphatic rings. The summed E-state index contributed by atoms with van der Waals surface area (Å²) in [7, 11) is 1.44. The fourth-order valence-corrected chi connectivity index (χ4v) is 4.32. The van der Waals surface area contributed by atoms with Crippen LogP contribution in [0, 0.1) is 5.92 Å². The standard InChI is InChI=1S/C16H19Cl2NO2/c1-21-15(20)16(10-6-3-2-4-7-10)14(19-16)13-11(17)8-5-9-12(13)18/h5,8-10,14,19H,2-4,6-7H2,1H3/t14-,16-/m1/s1. The molecule has 2 atom stereocenters. The summed E-state index contributed by atoms with van der Waals surface area (Å²) in [5.41, 5.74) is 0.167. The molecule has 0 bridgehead atoms. The molecule has 1 aromatic rings. The first-order valence-electron chi connectivity index (χ1n) is 7.41. The van der Waals surface area contributed by atoms with Gasteiger partial charge in [0.25, 0.3) is 0 Å². The van der Waals surface area contributed by atoms with Gasteiger partial charge in [0.2, 0.25) is 0 Å². The lowest BCUT2D eigenvalue weighted by Crippen LogP contribution is -2.39. The smallest absolute Gasteiger partial charge is 0.328 e. The number of ether oxygens (including phenoxy) is 1. The molecule has 0 aromatic heterocycles. The molecular weight excluding hydrogens is 309 g/mol. The number of esters is 1. The first-order valence-corrected chi connectivity index (χ1v) is 8.17. The molecule has 5 heteroatoms. The molecule has 3 rings (SSSR count). The minimum Gasteiger partial charge on any atom is -0.468 e. The molecule has 0 unspecified atom stereocenters. The van der Waals surface area contributed by atoms with Gasteiger partial charge in [0.05, 0.1) is 13.2 Å². The molecular formula is C16H19Cl2NO2. The van der Waals surface area contributed by atoms with E-state index in [9.17, 15) is 4.79 Å². The summed E-state index contributed by atoms with van der Waals surface area (Å²) in [5, 5.41) is 4.55. The van der Waals surface area contributed by atoms with E-state index in [4.69, 9.17) is 27.9 Å². The Morgan fingerprint density at radius 1 is 1.24 bits per heavy atom. The van der Waals surface area contributed by atoms with Crippen LogP contribution in [0.5, 0.6) is 0 Å². The Hall–Kier alpha value is -0.770. The summed E-state index contributed by atoms with van der Waals surface area (Å²) in [4.78, 5) is 12.4. The van der Waals surface area contributed by atoms with Gasteiger partial charge in [-0.2, -0.15) is 0 Å². The van der Waals surface area contributed by atoms with Crippen LogP contribution in [0.1, 0.15) is 43.7 Å². The van der Waals surface area contributed by atoms with Crippen molar-refractivity contribution in [2.75, 3.05) is 7.11 Å². The lowest BCUT2D eigenvalue weighted by atomic mass is 9.76. The summed E-state index contributed by atoms with van der Waals surface area (Å²) in [6, 6.07) is 5.29. The number of methoxy groups -OCH3 is 1. The minimum atomic E-state index is -0.649. The number of benzene rings is 1. The van der Waals surface area contributed by atoms with Gasteiger partial charge in [-0.3, -0.25) is 5.32 Å². The highest BCUT2D eigenvalue weighted by Gasteiger charge is 2.66. The molecule has 0 spiro atoms. The maximum atomic E-state index is 12.4. The molecule has 3 nitrogen and oxygen atoms in total. The van der Waals surface area contributed by atoms with Crippen molar-refractivity contribution in [1.82, 2.24) is 5.32 Å². The zero-order valence-electron chi connectivity index (χ0n) is 12.0. The normalized spacial score (nSPS) is 29.2. The van der Waals surface area contributed by atoms with E-state index >= 15 is 0 Å². The van der Waals surface area contributed by atoms with Crippen molar-refractivity contribution < 1.29 is 9.53 Å². The molecule has 1 aliphatic heterocycles. The molecule has 0 radical (unpaired) electrons. The molecule has 114 valence electrons. The van der Waals surface area contributed by atoms with Gasteiger partial charge < -0.3 is 4.74 Å². The number of nitrogens with one attached hydrogen (secondary N) is 1. The summed E-state index contributed by atoms with van der Waals surface area (Å²) < 4.78 is 5.07. The monoisotopic (exact) mass is 327 g/mol. The summed E-state index contributed by atoms with van der Waals surface area (Å²) >= 11 is 12.6. The van der Waals surface area contributed by atoms with Crippen LogP contribution in [0.3, 0.4) is 0 Å². The van der Waals surface area contributed by atoms with E-state index in [1.807, 2.05) is 18.2 Å². The van der Waals surface area contributed by atoms with Crippen LogP contribution in [0.15, 0.2) is 18.2 Å². The van der Waals surface area contributed by atoms with Gasteiger partial charge in [-0.05, 0) is 30.9 Å². The third kappa shape index (κ3) is 2.45. The highest BCUT2D eigenvalue weighted by Crippen LogP contribution is 2.54. The average molecular weight is 328 g/mol. The second-order valence-electron chi connectivity index (χ2n) is 5.91. The van der Waals surface area contributed by atoms with Gasteiger partial charge in [-0.1, -0.05) is 48.5 Å². The topological polar surface area (TPSA) is 48.2 Å². The van der Waals surface area contributed by atoms with E-state index in [-0.39, 0.29) is 17.9 Å². The van der Waals surface area contributed by atoms with Crippen LogP contribution in [0.2, 0.25) is 10.0 Å². The highest BCUT2D eigenvalue weighted by molar-refractivity contribution is 6.36. The van der Waals surface area contributed by atoms with Crippen LogP contribution in [0.4, 0.5) is 0 Å². The maximum absolute atomic E-state index is 12.4. The van der Waals surface area contributed by atoms with Crippen LogP contribution >= 0.6 is 23.2 Å². The average Bonchev–Trinajstić information content (AvgIpc) is 3.23. The maximum Gasteiger partial charge on any atom is 0.328 e. The number of carbonyl (C=O) groups excluding carboxylic acids is 1. The molecule has 2 fully saturated rings. The van der Waals surface area contributed by atoms with E-state index in [2.05, 4.69) is 5.32 Å². The van der Waals surface area contributed by atoms with Crippen molar-refractivity contribution in [3.63, 3.8) is 0 Å². The first kappa shape index (κ1) is 15.1. The minimum absolute atomic E-state index is 0.144. The number of hydrogen-bond donors (Lipinski definition) is 1. The molecule has 1 heterocycles. The summed E-state index contributed by atoms with van der Waals surface area (Å²) in [5.74, 6) is 0.0893. The lowest BCUT2D eigenvalue weighted by molar-refractivity contribution is -0.146. The van der Waals surface area contributed by atoms with Gasteiger partial charge in [0, 0.05) is 15.6 Å². The van der Waals surface area contributed by atoms with Crippen molar-refractivity contribution in [2.24, 2.45) is 5.92 Å². The third-order valence-corrected chi connectivity index (χ3v) is 5.48. The molecule has 21 heavy (non-hydrogen) atoms. The molecule has 1 saturated heterocycles. The molecule has 0 amide bonds. The summed E-state index contributed by atoms with van der Waals surface area (Å²) in [6.07, 6.45) is 5.65. The number of halogens is 2. The van der Waals surface area contributed by atoms with E-state index in [1.165, 1.54) is 13.5 Å². The Balaban J connectivity index is 1.95. The van der Waals surface area contributed by atoms with E-state index in [0.717, 1.165) is 31.2 Å². The molecule has 1 N–H and O–H groups in total. The second-order valence-corrected chi connectivity index (χ2v) is 6.72. The van der Waals surface area contributed by atoms with Crippen LogP contribution in [0.25, 0.3) is 0 Å². The van der Waals surface area contributed by atoms with Crippen LogP contribution < -0.4 is 5.32 Å². The van der Waals surface area contributed by atoms with Crippen molar-refractivity contribution in [3.05, 3.63) is 33.8 Å². The predicted molar refractivity (Wildman–Crippen MR) is 83.7 cm³/mol. The van der Waals surface area contributed by atoms with Gasteiger partial charge in [0.15, 0.2) is 0 Å². The van der Waals surface area contributed by atoms with Gasteiger partial charge in [-0.25, -0.2) is 4.79 Å². The predicted octanol–water partition coefficient (Wildman–Crippen LogP) is 4.13. The Bertz CT molecular complexity index is 537. The van der Waals surface area contributed by atoms with E-state index in [0.29, 0.717) is 10.0 Å². The summed E-state index contributed by atoms with van der Waals surface area (Å²) in [6.45, 7) is 0. The van der Waals surface area contributed by atoms with Gasteiger partial charge in [-0.15, -0.1) is 0 Å². The van der Waals surface area contributed by atoms with Crippen LogP contribution in [-0.4, -0.2) is 18.6 Å². The number of carbonyl (C=O) groups is 1.